The van der Waals surface area contributed by atoms with E-state index in [9.17, 15) is 4.39 Å². The lowest BCUT2D eigenvalue weighted by atomic mass is 9.99. The van der Waals surface area contributed by atoms with Gasteiger partial charge in [-0.05, 0) is 60.2 Å². The van der Waals surface area contributed by atoms with Gasteiger partial charge < -0.3 is 5.32 Å². The Bertz CT molecular complexity index is 588. The first-order valence-corrected chi connectivity index (χ1v) is 6.81. The van der Waals surface area contributed by atoms with Crippen molar-refractivity contribution >= 4 is 0 Å². The molecule has 1 saturated carbocycles. The second-order valence-corrected chi connectivity index (χ2v) is 5.31. The average Bonchev–Trinajstić information content (AvgIpc) is 3.24. The summed E-state index contributed by atoms with van der Waals surface area (Å²) in [5.41, 5.74) is 4.43. The van der Waals surface area contributed by atoms with Gasteiger partial charge in [0.25, 0.3) is 0 Å². The number of benzene rings is 2. The summed E-state index contributed by atoms with van der Waals surface area (Å²) in [6.45, 7) is 2.91. The number of halogens is 1. The van der Waals surface area contributed by atoms with Crippen LogP contribution in [-0.2, 0) is 6.54 Å². The standard InChI is InChI=1S/C17H18FN/c1-12-5-6-15(18)10-17(12)14-4-2-3-13(9-14)11-19-16-7-8-16/h2-6,9-10,16,19H,7-8,11H2,1H3. The van der Waals surface area contributed by atoms with E-state index in [1.807, 2.05) is 25.1 Å². The van der Waals surface area contributed by atoms with E-state index in [4.69, 9.17) is 0 Å². The molecule has 2 aromatic rings. The van der Waals surface area contributed by atoms with Crippen LogP contribution in [-0.4, -0.2) is 6.04 Å². The summed E-state index contributed by atoms with van der Waals surface area (Å²) in [6.07, 6.45) is 2.59. The van der Waals surface area contributed by atoms with Crippen LogP contribution in [0.15, 0.2) is 42.5 Å². The van der Waals surface area contributed by atoms with E-state index in [1.165, 1.54) is 24.5 Å². The molecule has 0 aliphatic heterocycles. The van der Waals surface area contributed by atoms with Crippen LogP contribution in [0.1, 0.15) is 24.0 Å². The van der Waals surface area contributed by atoms with Gasteiger partial charge in [0, 0.05) is 12.6 Å². The predicted octanol–water partition coefficient (Wildman–Crippen LogP) is 4.05. The number of hydrogen-bond acceptors (Lipinski definition) is 1. The van der Waals surface area contributed by atoms with E-state index < -0.39 is 0 Å². The molecular weight excluding hydrogens is 237 g/mol. The monoisotopic (exact) mass is 255 g/mol. The molecule has 0 unspecified atom stereocenters. The van der Waals surface area contributed by atoms with E-state index in [0.29, 0.717) is 6.04 Å². The first-order chi connectivity index (χ1) is 9.22. The van der Waals surface area contributed by atoms with Crippen LogP contribution in [0.25, 0.3) is 11.1 Å². The van der Waals surface area contributed by atoms with Gasteiger partial charge >= 0.3 is 0 Å². The van der Waals surface area contributed by atoms with Gasteiger partial charge in [-0.1, -0.05) is 24.3 Å². The Balaban J connectivity index is 1.86. The zero-order valence-corrected chi connectivity index (χ0v) is 11.1. The van der Waals surface area contributed by atoms with E-state index in [0.717, 1.165) is 23.2 Å². The van der Waals surface area contributed by atoms with Gasteiger partial charge in [-0.2, -0.15) is 0 Å². The lowest BCUT2D eigenvalue weighted by Crippen LogP contribution is -2.15. The Kier molecular flexibility index (Phi) is 3.34. The zero-order chi connectivity index (χ0) is 13.2. The third-order valence-corrected chi connectivity index (χ3v) is 3.61. The first kappa shape index (κ1) is 12.4. The van der Waals surface area contributed by atoms with Gasteiger partial charge in [0.1, 0.15) is 5.82 Å². The Hall–Kier alpha value is -1.67. The molecule has 3 rings (SSSR count). The highest BCUT2D eigenvalue weighted by Gasteiger charge is 2.19. The van der Waals surface area contributed by atoms with Gasteiger partial charge in [-0.3, -0.25) is 0 Å². The van der Waals surface area contributed by atoms with Crippen molar-refractivity contribution in [2.24, 2.45) is 0 Å². The van der Waals surface area contributed by atoms with E-state index >= 15 is 0 Å². The summed E-state index contributed by atoms with van der Waals surface area (Å²) in [5, 5.41) is 3.50. The molecule has 0 amide bonds. The minimum Gasteiger partial charge on any atom is -0.310 e. The van der Waals surface area contributed by atoms with Crippen LogP contribution in [0.5, 0.6) is 0 Å². The van der Waals surface area contributed by atoms with Gasteiger partial charge in [-0.15, -0.1) is 0 Å². The molecule has 2 heteroatoms. The van der Waals surface area contributed by atoms with Gasteiger partial charge in [0.2, 0.25) is 0 Å². The Morgan fingerprint density at radius 2 is 2.00 bits per heavy atom. The minimum atomic E-state index is -0.179. The Morgan fingerprint density at radius 1 is 1.16 bits per heavy atom. The molecule has 1 aliphatic carbocycles. The zero-order valence-electron chi connectivity index (χ0n) is 11.1. The summed E-state index contributed by atoms with van der Waals surface area (Å²) in [7, 11) is 0. The molecule has 1 nitrogen and oxygen atoms in total. The lowest BCUT2D eigenvalue weighted by Gasteiger charge is -2.09. The maximum atomic E-state index is 13.4. The molecule has 0 bridgehead atoms. The van der Waals surface area contributed by atoms with Crippen molar-refractivity contribution in [3.63, 3.8) is 0 Å². The number of aryl methyl sites for hydroxylation is 1. The average molecular weight is 255 g/mol. The smallest absolute Gasteiger partial charge is 0.123 e. The van der Waals surface area contributed by atoms with Gasteiger partial charge in [-0.25, -0.2) is 4.39 Å². The molecule has 0 atom stereocenters. The summed E-state index contributed by atoms with van der Waals surface area (Å²) in [6, 6.07) is 14.0. The SMILES string of the molecule is Cc1ccc(F)cc1-c1cccc(CNC2CC2)c1. The van der Waals surface area contributed by atoms with Crippen molar-refractivity contribution in [2.45, 2.75) is 32.4 Å². The van der Waals surface area contributed by atoms with E-state index in [1.54, 1.807) is 6.07 Å². The van der Waals surface area contributed by atoms with E-state index in [2.05, 4.69) is 17.4 Å². The third kappa shape index (κ3) is 3.02. The maximum absolute atomic E-state index is 13.4. The van der Waals surface area contributed by atoms with Crippen molar-refractivity contribution in [2.75, 3.05) is 0 Å². The molecule has 1 fully saturated rings. The fourth-order valence-corrected chi connectivity index (χ4v) is 2.30. The van der Waals surface area contributed by atoms with Crippen LogP contribution in [0.4, 0.5) is 4.39 Å². The predicted molar refractivity (Wildman–Crippen MR) is 76.4 cm³/mol. The normalized spacial score (nSPS) is 14.6. The van der Waals surface area contributed by atoms with Crippen molar-refractivity contribution < 1.29 is 4.39 Å². The number of nitrogens with one attached hydrogen (secondary N) is 1. The minimum absolute atomic E-state index is 0.179. The fraction of sp³-hybridized carbons (Fsp3) is 0.294. The van der Waals surface area contributed by atoms with E-state index in [-0.39, 0.29) is 5.82 Å². The summed E-state index contributed by atoms with van der Waals surface area (Å²) in [4.78, 5) is 0. The van der Waals surface area contributed by atoms with Crippen LogP contribution in [0.3, 0.4) is 0 Å². The van der Waals surface area contributed by atoms with Crippen molar-refractivity contribution in [1.29, 1.82) is 0 Å². The van der Waals surface area contributed by atoms with Crippen molar-refractivity contribution in [3.05, 3.63) is 59.4 Å². The summed E-state index contributed by atoms with van der Waals surface area (Å²) >= 11 is 0. The Morgan fingerprint density at radius 3 is 2.79 bits per heavy atom. The molecule has 0 heterocycles. The second kappa shape index (κ2) is 5.14. The number of hydrogen-bond donors (Lipinski definition) is 1. The highest BCUT2D eigenvalue weighted by molar-refractivity contribution is 5.67. The summed E-state index contributed by atoms with van der Waals surface area (Å²) in [5.74, 6) is -0.179. The molecule has 0 aromatic heterocycles. The third-order valence-electron chi connectivity index (χ3n) is 3.61. The van der Waals surface area contributed by atoms with Crippen molar-refractivity contribution in [1.82, 2.24) is 5.32 Å². The van der Waals surface area contributed by atoms with Crippen LogP contribution in [0.2, 0.25) is 0 Å². The first-order valence-electron chi connectivity index (χ1n) is 6.81. The highest BCUT2D eigenvalue weighted by Crippen LogP contribution is 2.25. The van der Waals surface area contributed by atoms with Gasteiger partial charge in [0.15, 0.2) is 0 Å². The fourth-order valence-electron chi connectivity index (χ4n) is 2.30. The molecule has 0 spiro atoms. The molecule has 2 aromatic carbocycles. The molecule has 0 saturated heterocycles. The molecule has 1 aliphatic rings. The molecule has 0 radical (unpaired) electrons. The molecule has 1 N–H and O–H groups in total. The molecule has 19 heavy (non-hydrogen) atoms. The number of rotatable bonds is 4. The maximum Gasteiger partial charge on any atom is 0.123 e. The van der Waals surface area contributed by atoms with Crippen LogP contribution in [0, 0.1) is 12.7 Å². The lowest BCUT2D eigenvalue weighted by molar-refractivity contribution is 0.628. The largest absolute Gasteiger partial charge is 0.310 e. The second-order valence-electron chi connectivity index (χ2n) is 5.31. The molecule has 98 valence electrons. The summed E-state index contributed by atoms with van der Waals surface area (Å²) < 4.78 is 13.4. The molecular formula is C17H18FN. The quantitative estimate of drug-likeness (QED) is 0.869. The highest BCUT2D eigenvalue weighted by atomic mass is 19.1. The Labute approximate surface area is 113 Å². The van der Waals surface area contributed by atoms with Crippen molar-refractivity contribution in [3.8, 4) is 11.1 Å². The van der Waals surface area contributed by atoms with Crippen LogP contribution < -0.4 is 5.32 Å². The topological polar surface area (TPSA) is 12.0 Å². The van der Waals surface area contributed by atoms with Gasteiger partial charge in [0.05, 0.1) is 0 Å². The van der Waals surface area contributed by atoms with Crippen LogP contribution >= 0.6 is 0 Å².